The minimum Gasteiger partial charge on any atom is -0.375 e. The molecule has 1 saturated heterocycles. The van der Waals surface area contributed by atoms with Crippen molar-refractivity contribution < 1.29 is 14.3 Å². The van der Waals surface area contributed by atoms with Gasteiger partial charge in [-0.25, -0.2) is 9.97 Å². The number of carbonyl (C=O) groups is 2. The van der Waals surface area contributed by atoms with Crippen molar-refractivity contribution in [3.8, 4) is 0 Å². The lowest BCUT2D eigenvalue weighted by molar-refractivity contribution is -0.136. The first-order chi connectivity index (χ1) is 14.1. The van der Waals surface area contributed by atoms with Crippen LogP contribution in [0.2, 0.25) is 0 Å². The van der Waals surface area contributed by atoms with Crippen LogP contribution < -0.4 is 4.90 Å². The van der Waals surface area contributed by atoms with E-state index >= 15 is 0 Å². The van der Waals surface area contributed by atoms with Crippen LogP contribution in [0.5, 0.6) is 0 Å². The molecule has 2 aliphatic rings. The maximum atomic E-state index is 12.7. The summed E-state index contributed by atoms with van der Waals surface area (Å²) in [5.74, 6) is 1.34. The van der Waals surface area contributed by atoms with Crippen molar-refractivity contribution in [3.63, 3.8) is 0 Å². The van der Waals surface area contributed by atoms with Crippen LogP contribution >= 0.6 is 0 Å². The Kier molecular flexibility index (Phi) is 5.58. The second-order valence-electron chi connectivity index (χ2n) is 7.61. The van der Waals surface area contributed by atoms with Gasteiger partial charge in [0, 0.05) is 31.3 Å². The Balaban J connectivity index is 1.69. The van der Waals surface area contributed by atoms with Crippen LogP contribution in [0.25, 0.3) is 0 Å². The van der Waals surface area contributed by atoms with E-state index in [1.54, 1.807) is 9.80 Å². The Morgan fingerprint density at radius 3 is 2.76 bits per heavy atom. The summed E-state index contributed by atoms with van der Waals surface area (Å²) in [6, 6.07) is 9.76. The monoisotopic (exact) mass is 394 g/mol. The minimum atomic E-state index is -0.169. The average molecular weight is 394 g/mol. The van der Waals surface area contributed by atoms with Crippen LogP contribution in [0.15, 0.2) is 30.3 Å². The number of nitrogens with zero attached hydrogens (tertiary/aromatic N) is 4. The molecule has 7 heteroatoms. The van der Waals surface area contributed by atoms with Crippen LogP contribution in [0, 0.1) is 6.92 Å². The lowest BCUT2D eigenvalue weighted by Gasteiger charge is -2.31. The largest absolute Gasteiger partial charge is 0.375 e. The predicted molar refractivity (Wildman–Crippen MR) is 108 cm³/mol. The van der Waals surface area contributed by atoms with Gasteiger partial charge in [0.15, 0.2) is 5.82 Å². The number of aromatic nitrogens is 2. The molecule has 1 aromatic heterocycles. The first-order valence-electron chi connectivity index (χ1n) is 10.1. The van der Waals surface area contributed by atoms with Gasteiger partial charge >= 0.3 is 0 Å². The summed E-state index contributed by atoms with van der Waals surface area (Å²) in [6.07, 6.45) is 2.85. The normalized spacial score (nSPS) is 18.8. The molecule has 4 rings (SSSR count). The standard InChI is InChI=1S/C22H26N4O3/c1-15-17-10-11-19(27)26(13-16-7-4-3-5-8-16)22(17)24-21(23-15)18-9-6-12-25(18)20(28)14-29-2/h3-5,7-8,18H,6,9-14H2,1-2H3. The summed E-state index contributed by atoms with van der Waals surface area (Å²) >= 11 is 0. The highest BCUT2D eigenvalue weighted by Gasteiger charge is 2.35. The number of hydrogen-bond donors (Lipinski definition) is 0. The second kappa shape index (κ2) is 8.29. The summed E-state index contributed by atoms with van der Waals surface area (Å²) in [4.78, 5) is 38.3. The van der Waals surface area contributed by atoms with E-state index in [4.69, 9.17) is 14.7 Å². The van der Waals surface area contributed by atoms with E-state index in [-0.39, 0.29) is 24.5 Å². The lowest BCUT2D eigenvalue weighted by Crippen LogP contribution is -2.38. The zero-order valence-electron chi connectivity index (χ0n) is 16.9. The number of fused-ring (bicyclic) bond motifs is 1. The highest BCUT2D eigenvalue weighted by atomic mass is 16.5. The molecule has 0 spiro atoms. The molecule has 0 aliphatic carbocycles. The zero-order chi connectivity index (χ0) is 20.4. The SMILES string of the molecule is COCC(=O)N1CCCC1c1nc(C)c2c(n1)N(Cc1ccccc1)C(=O)CC2. The topological polar surface area (TPSA) is 75.6 Å². The smallest absolute Gasteiger partial charge is 0.249 e. The van der Waals surface area contributed by atoms with Crippen LogP contribution in [-0.2, 0) is 27.3 Å². The number of rotatable bonds is 5. The summed E-state index contributed by atoms with van der Waals surface area (Å²) in [5.41, 5.74) is 2.97. The van der Waals surface area contributed by atoms with Crippen LogP contribution in [-0.4, -0.2) is 46.9 Å². The Bertz CT molecular complexity index is 916. The highest BCUT2D eigenvalue weighted by molar-refractivity contribution is 5.95. The molecule has 3 heterocycles. The molecule has 2 aliphatic heterocycles. The third-order valence-electron chi connectivity index (χ3n) is 5.68. The van der Waals surface area contributed by atoms with Crippen molar-refractivity contribution in [2.45, 2.75) is 45.2 Å². The van der Waals surface area contributed by atoms with Gasteiger partial charge in [-0.15, -0.1) is 0 Å². The Hall–Kier alpha value is -2.80. The molecule has 1 atom stereocenters. The zero-order valence-corrected chi connectivity index (χ0v) is 16.9. The van der Waals surface area contributed by atoms with Gasteiger partial charge < -0.3 is 9.64 Å². The van der Waals surface area contributed by atoms with Gasteiger partial charge in [0.05, 0.1) is 12.6 Å². The molecule has 2 aromatic rings. The molecule has 7 nitrogen and oxygen atoms in total. The van der Waals surface area contributed by atoms with Crippen molar-refractivity contribution in [1.82, 2.24) is 14.9 Å². The quantitative estimate of drug-likeness (QED) is 0.779. The molecule has 29 heavy (non-hydrogen) atoms. The van der Waals surface area contributed by atoms with E-state index in [1.165, 1.54) is 7.11 Å². The Morgan fingerprint density at radius 1 is 1.21 bits per heavy atom. The third kappa shape index (κ3) is 3.87. The molecule has 0 N–H and O–H groups in total. The molecule has 1 fully saturated rings. The Labute approximate surface area is 170 Å². The molecule has 0 radical (unpaired) electrons. The fourth-order valence-electron chi connectivity index (χ4n) is 4.22. The Morgan fingerprint density at radius 2 is 2.00 bits per heavy atom. The highest BCUT2D eigenvalue weighted by Crippen LogP contribution is 2.35. The summed E-state index contributed by atoms with van der Waals surface area (Å²) in [6.45, 7) is 3.19. The molecule has 0 bridgehead atoms. The molecular weight excluding hydrogens is 368 g/mol. The third-order valence-corrected chi connectivity index (χ3v) is 5.68. The first-order valence-corrected chi connectivity index (χ1v) is 10.1. The van der Waals surface area contributed by atoms with Crippen LogP contribution in [0.3, 0.4) is 0 Å². The number of anilines is 1. The number of hydrogen-bond acceptors (Lipinski definition) is 5. The fraction of sp³-hybridized carbons (Fsp3) is 0.455. The molecule has 2 amide bonds. The molecule has 1 unspecified atom stereocenters. The van der Waals surface area contributed by atoms with Gasteiger partial charge in [0.25, 0.3) is 0 Å². The molecular formula is C22H26N4O3. The van der Waals surface area contributed by atoms with Crippen LogP contribution in [0.4, 0.5) is 5.82 Å². The predicted octanol–water partition coefficient (Wildman–Crippen LogP) is 2.57. The number of carbonyl (C=O) groups excluding carboxylic acids is 2. The van der Waals surface area contributed by atoms with E-state index in [2.05, 4.69) is 0 Å². The van der Waals surface area contributed by atoms with Gasteiger partial charge in [0.2, 0.25) is 11.8 Å². The van der Waals surface area contributed by atoms with E-state index in [0.29, 0.717) is 37.6 Å². The summed E-state index contributed by atoms with van der Waals surface area (Å²) < 4.78 is 5.03. The van der Waals surface area contributed by atoms with E-state index in [0.717, 1.165) is 29.7 Å². The number of methoxy groups -OCH3 is 1. The first kappa shape index (κ1) is 19.5. The molecule has 1 aromatic carbocycles. The van der Waals surface area contributed by atoms with Crippen molar-refractivity contribution >= 4 is 17.6 Å². The van der Waals surface area contributed by atoms with Gasteiger partial charge in [-0.05, 0) is 31.7 Å². The van der Waals surface area contributed by atoms with Gasteiger partial charge in [-0.3, -0.25) is 14.5 Å². The molecule has 0 saturated carbocycles. The maximum absolute atomic E-state index is 12.7. The molecule has 152 valence electrons. The van der Waals surface area contributed by atoms with E-state index < -0.39 is 0 Å². The van der Waals surface area contributed by atoms with Crippen molar-refractivity contribution in [1.29, 1.82) is 0 Å². The lowest BCUT2D eigenvalue weighted by atomic mass is 10.0. The number of benzene rings is 1. The summed E-state index contributed by atoms with van der Waals surface area (Å²) in [5, 5.41) is 0. The van der Waals surface area contributed by atoms with Gasteiger partial charge in [0.1, 0.15) is 12.4 Å². The van der Waals surface area contributed by atoms with Crippen molar-refractivity contribution in [2.75, 3.05) is 25.2 Å². The van der Waals surface area contributed by atoms with Crippen LogP contribution in [0.1, 0.15) is 47.9 Å². The average Bonchev–Trinajstić information content (AvgIpc) is 3.21. The van der Waals surface area contributed by atoms with Crippen molar-refractivity contribution in [2.24, 2.45) is 0 Å². The van der Waals surface area contributed by atoms with Gasteiger partial charge in [-0.2, -0.15) is 0 Å². The fourth-order valence-corrected chi connectivity index (χ4v) is 4.22. The maximum Gasteiger partial charge on any atom is 0.249 e. The van der Waals surface area contributed by atoms with Gasteiger partial charge in [-0.1, -0.05) is 30.3 Å². The number of likely N-dealkylation sites (tertiary alicyclic amines) is 1. The minimum absolute atomic E-state index is 0.0498. The summed E-state index contributed by atoms with van der Waals surface area (Å²) in [7, 11) is 1.52. The number of amides is 2. The van der Waals surface area contributed by atoms with Crippen molar-refractivity contribution in [3.05, 3.63) is 53.0 Å². The number of ether oxygens (including phenoxy) is 1. The van der Waals surface area contributed by atoms with E-state index in [1.807, 2.05) is 37.3 Å². The van der Waals surface area contributed by atoms with E-state index in [9.17, 15) is 9.59 Å². The number of aryl methyl sites for hydroxylation is 1. The second-order valence-corrected chi connectivity index (χ2v) is 7.61.